The number of nitrogens with zero attached hydrogens (tertiary/aromatic N) is 1. The highest BCUT2D eigenvalue weighted by Gasteiger charge is 2.14. The summed E-state index contributed by atoms with van der Waals surface area (Å²) in [5.74, 6) is 4.89. The lowest BCUT2D eigenvalue weighted by molar-refractivity contribution is -0.123. The van der Waals surface area contributed by atoms with Crippen LogP contribution in [0.2, 0.25) is 0 Å². The molecular formula is C17H15BrN4O3. The molecule has 25 heavy (non-hydrogen) atoms. The zero-order chi connectivity index (χ0) is 17.8. The van der Waals surface area contributed by atoms with Crippen LogP contribution < -0.4 is 16.0 Å². The van der Waals surface area contributed by atoms with Gasteiger partial charge in [-0.1, -0.05) is 28.1 Å². The molecule has 0 radical (unpaired) electrons. The van der Waals surface area contributed by atoms with Gasteiger partial charge in [0.15, 0.2) is 6.61 Å². The average molecular weight is 403 g/mol. The van der Waals surface area contributed by atoms with Crippen LogP contribution in [-0.4, -0.2) is 27.8 Å². The van der Waals surface area contributed by atoms with Crippen LogP contribution in [0.15, 0.2) is 53.1 Å². The highest BCUT2D eigenvalue weighted by molar-refractivity contribution is 9.10. The van der Waals surface area contributed by atoms with Gasteiger partial charge in [-0.05, 0) is 29.8 Å². The summed E-state index contributed by atoms with van der Waals surface area (Å²) in [5, 5.41) is 17.3. The fourth-order valence-electron chi connectivity index (χ4n) is 2.34. The maximum absolute atomic E-state index is 11.1. The molecule has 3 aromatic rings. The summed E-state index contributed by atoms with van der Waals surface area (Å²) in [4.78, 5) is 11.1. The number of amides is 1. The number of ether oxygens (including phenoxy) is 1. The molecule has 0 atom stereocenters. The Balaban J connectivity index is 1.89. The van der Waals surface area contributed by atoms with Crippen LogP contribution in [0.4, 0.5) is 0 Å². The number of carbonyl (C=O) groups is 1. The fourth-order valence-corrected chi connectivity index (χ4v) is 2.61. The van der Waals surface area contributed by atoms with E-state index in [-0.39, 0.29) is 12.4 Å². The Labute approximate surface area is 151 Å². The van der Waals surface area contributed by atoms with E-state index in [9.17, 15) is 9.90 Å². The molecule has 0 unspecified atom stereocenters. The maximum atomic E-state index is 11.1. The average Bonchev–Trinajstić information content (AvgIpc) is 3.09. The van der Waals surface area contributed by atoms with Crippen molar-refractivity contribution in [2.75, 3.05) is 6.61 Å². The minimum Gasteiger partial charge on any atom is -0.507 e. The smallest absolute Gasteiger partial charge is 0.271 e. The summed E-state index contributed by atoms with van der Waals surface area (Å²) in [7, 11) is 0. The van der Waals surface area contributed by atoms with Gasteiger partial charge < -0.3 is 9.84 Å². The lowest BCUT2D eigenvalue weighted by Gasteiger charge is -2.09. The molecule has 0 aliphatic carbocycles. The zero-order valence-electron chi connectivity index (χ0n) is 13.0. The number of phenolic OH excluding ortho intramolecular Hbond substituents is 1. The first-order chi connectivity index (χ1) is 12.1. The SMILES string of the molecule is NNC(=O)COc1ccc(-c2[nH]ncc2-c2ccc(Br)cc2)c(O)c1. The number of hydrogen-bond acceptors (Lipinski definition) is 5. The van der Waals surface area contributed by atoms with Crippen LogP contribution in [0.5, 0.6) is 11.5 Å². The second-order valence-electron chi connectivity index (χ2n) is 5.20. The van der Waals surface area contributed by atoms with Gasteiger partial charge in [-0.3, -0.25) is 15.3 Å². The highest BCUT2D eigenvalue weighted by atomic mass is 79.9. The van der Waals surface area contributed by atoms with Crippen molar-refractivity contribution in [1.82, 2.24) is 15.6 Å². The van der Waals surface area contributed by atoms with Gasteiger partial charge in [0.1, 0.15) is 11.5 Å². The number of aromatic nitrogens is 2. The number of halogens is 1. The van der Waals surface area contributed by atoms with Gasteiger partial charge >= 0.3 is 0 Å². The molecule has 0 aliphatic heterocycles. The summed E-state index contributed by atoms with van der Waals surface area (Å²) >= 11 is 3.41. The molecule has 0 saturated heterocycles. The van der Waals surface area contributed by atoms with E-state index < -0.39 is 5.91 Å². The third kappa shape index (κ3) is 3.81. The van der Waals surface area contributed by atoms with E-state index in [4.69, 9.17) is 10.6 Å². The Bertz CT molecular complexity index is 893. The Morgan fingerprint density at radius 3 is 2.68 bits per heavy atom. The number of nitrogens with two attached hydrogens (primary N) is 1. The highest BCUT2D eigenvalue weighted by Crippen LogP contribution is 2.37. The van der Waals surface area contributed by atoms with Gasteiger partial charge in [0.25, 0.3) is 5.91 Å². The molecule has 0 bridgehead atoms. The number of aromatic hydroxyl groups is 1. The molecule has 0 saturated carbocycles. The molecule has 8 heteroatoms. The lowest BCUT2D eigenvalue weighted by atomic mass is 10.0. The van der Waals surface area contributed by atoms with Crippen molar-refractivity contribution in [2.45, 2.75) is 0 Å². The molecule has 2 aromatic carbocycles. The van der Waals surface area contributed by atoms with Crippen molar-refractivity contribution in [3.63, 3.8) is 0 Å². The molecule has 1 amide bonds. The molecular weight excluding hydrogens is 388 g/mol. The quantitative estimate of drug-likeness (QED) is 0.297. The van der Waals surface area contributed by atoms with E-state index >= 15 is 0 Å². The molecule has 1 heterocycles. The number of phenols is 1. The Morgan fingerprint density at radius 1 is 1.24 bits per heavy atom. The van der Waals surface area contributed by atoms with Crippen molar-refractivity contribution in [3.8, 4) is 33.9 Å². The first kappa shape index (κ1) is 17.0. The van der Waals surface area contributed by atoms with E-state index in [1.807, 2.05) is 29.7 Å². The molecule has 0 spiro atoms. The van der Waals surface area contributed by atoms with Gasteiger partial charge in [0.05, 0.1) is 11.9 Å². The van der Waals surface area contributed by atoms with Crippen molar-refractivity contribution < 1.29 is 14.6 Å². The van der Waals surface area contributed by atoms with E-state index in [1.165, 1.54) is 6.07 Å². The number of rotatable bonds is 5. The predicted molar refractivity (Wildman–Crippen MR) is 96.6 cm³/mol. The molecule has 3 rings (SSSR count). The molecule has 0 fully saturated rings. The first-order valence-electron chi connectivity index (χ1n) is 7.33. The molecule has 1 aromatic heterocycles. The lowest BCUT2D eigenvalue weighted by Crippen LogP contribution is -2.34. The number of nitrogens with one attached hydrogen (secondary N) is 2. The normalized spacial score (nSPS) is 10.5. The number of hydrogen-bond donors (Lipinski definition) is 4. The topological polar surface area (TPSA) is 113 Å². The summed E-state index contributed by atoms with van der Waals surface area (Å²) in [6, 6.07) is 12.6. The summed E-state index contributed by atoms with van der Waals surface area (Å²) in [6.45, 7) is -0.233. The van der Waals surface area contributed by atoms with Crippen molar-refractivity contribution >= 4 is 21.8 Å². The number of hydrazine groups is 1. The Morgan fingerprint density at radius 2 is 2.00 bits per heavy atom. The minimum absolute atomic E-state index is 0.00766. The fraction of sp³-hybridized carbons (Fsp3) is 0.0588. The van der Waals surface area contributed by atoms with Crippen molar-refractivity contribution in [3.05, 3.63) is 53.1 Å². The molecule has 0 aliphatic rings. The van der Waals surface area contributed by atoms with Crippen molar-refractivity contribution in [1.29, 1.82) is 0 Å². The van der Waals surface area contributed by atoms with Crippen LogP contribution in [-0.2, 0) is 4.79 Å². The third-order valence-corrected chi connectivity index (χ3v) is 4.09. The third-order valence-electron chi connectivity index (χ3n) is 3.56. The van der Waals surface area contributed by atoms with Gasteiger partial charge in [0.2, 0.25) is 0 Å². The number of benzene rings is 2. The molecule has 5 N–H and O–H groups in total. The van der Waals surface area contributed by atoms with Crippen LogP contribution in [0, 0.1) is 0 Å². The van der Waals surface area contributed by atoms with Gasteiger partial charge in [-0.15, -0.1) is 0 Å². The van der Waals surface area contributed by atoms with Gasteiger partial charge in [-0.25, -0.2) is 5.84 Å². The van der Waals surface area contributed by atoms with Crippen LogP contribution >= 0.6 is 15.9 Å². The number of H-pyrrole nitrogens is 1. The summed E-state index contributed by atoms with van der Waals surface area (Å²) < 4.78 is 6.24. The van der Waals surface area contributed by atoms with E-state index in [2.05, 4.69) is 26.1 Å². The summed E-state index contributed by atoms with van der Waals surface area (Å²) in [5.41, 5.74) is 5.06. The van der Waals surface area contributed by atoms with Gasteiger partial charge in [0, 0.05) is 21.7 Å². The standard InChI is InChI=1S/C17H15BrN4O3/c18-11-3-1-10(2-4-11)14-8-20-22-17(14)13-6-5-12(7-15(13)23)25-9-16(24)21-19/h1-8,23H,9,19H2,(H,20,22)(H,21,24). The number of carbonyl (C=O) groups excluding carboxylic acids is 1. The van der Waals surface area contributed by atoms with Crippen LogP contribution in [0.25, 0.3) is 22.4 Å². The minimum atomic E-state index is -0.463. The Hall–Kier alpha value is -2.84. The molecule has 128 valence electrons. The summed E-state index contributed by atoms with van der Waals surface area (Å²) in [6.07, 6.45) is 1.70. The second-order valence-corrected chi connectivity index (χ2v) is 6.12. The van der Waals surface area contributed by atoms with E-state index in [0.717, 1.165) is 15.6 Å². The van der Waals surface area contributed by atoms with E-state index in [1.54, 1.807) is 18.3 Å². The largest absolute Gasteiger partial charge is 0.507 e. The van der Waals surface area contributed by atoms with Gasteiger partial charge in [-0.2, -0.15) is 5.10 Å². The van der Waals surface area contributed by atoms with E-state index in [0.29, 0.717) is 17.0 Å². The molecule has 7 nitrogen and oxygen atoms in total. The zero-order valence-corrected chi connectivity index (χ0v) is 14.6. The predicted octanol–water partition coefficient (Wildman–Crippen LogP) is 2.58. The second kappa shape index (κ2) is 7.37. The first-order valence-corrected chi connectivity index (χ1v) is 8.12. The van der Waals surface area contributed by atoms with Crippen molar-refractivity contribution in [2.24, 2.45) is 5.84 Å². The van der Waals surface area contributed by atoms with Crippen LogP contribution in [0.1, 0.15) is 0 Å². The Kier molecular flexibility index (Phi) is 5.01. The maximum Gasteiger partial charge on any atom is 0.271 e. The number of aromatic amines is 1. The van der Waals surface area contributed by atoms with Crippen LogP contribution in [0.3, 0.4) is 0 Å². The monoisotopic (exact) mass is 402 g/mol.